The molecule has 4 nitrogen and oxygen atoms in total. The van der Waals surface area contributed by atoms with Gasteiger partial charge in [-0.15, -0.1) is 34.4 Å². The maximum Gasteiger partial charge on any atom is 0.279 e. The molecule has 0 atom stereocenters. The van der Waals surface area contributed by atoms with Crippen LogP contribution in [0.3, 0.4) is 0 Å². The molecule has 0 aliphatic rings. The Labute approximate surface area is 142 Å². The van der Waals surface area contributed by atoms with Crippen molar-refractivity contribution in [2.45, 2.75) is 26.0 Å². The molecule has 22 heavy (non-hydrogen) atoms. The first-order chi connectivity index (χ1) is 10.6. The molecule has 2 N–H and O–H groups in total. The van der Waals surface area contributed by atoms with Crippen LogP contribution in [0.15, 0.2) is 23.6 Å². The maximum absolute atomic E-state index is 12.0. The van der Waals surface area contributed by atoms with E-state index in [1.807, 2.05) is 30.5 Å². The van der Waals surface area contributed by atoms with Crippen LogP contribution in [0.1, 0.15) is 31.9 Å². The molecular weight excluding hydrogens is 336 g/mol. The van der Waals surface area contributed by atoms with Crippen LogP contribution in [0.2, 0.25) is 0 Å². The highest BCUT2D eigenvalue weighted by molar-refractivity contribution is 7.99. The van der Waals surface area contributed by atoms with E-state index >= 15 is 0 Å². The number of carbonyl (C=O) groups excluding carboxylic acids is 2. The fourth-order valence-electron chi connectivity index (χ4n) is 1.85. The minimum Gasteiger partial charge on any atom is -0.272 e. The summed E-state index contributed by atoms with van der Waals surface area (Å²) in [6.07, 6.45) is 0.912. The Balaban J connectivity index is 1.72. The molecule has 7 heteroatoms. The van der Waals surface area contributed by atoms with Crippen LogP contribution < -0.4 is 10.9 Å². The largest absolute Gasteiger partial charge is 0.279 e. The van der Waals surface area contributed by atoms with E-state index in [1.54, 1.807) is 11.3 Å². The van der Waals surface area contributed by atoms with Crippen molar-refractivity contribution >= 4 is 46.2 Å². The highest BCUT2D eigenvalue weighted by atomic mass is 32.2. The first kappa shape index (κ1) is 17.1. The Morgan fingerprint density at radius 2 is 2.14 bits per heavy atom. The molecule has 118 valence electrons. The molecule has 0 spiro atoms. The summed E-state index contributed by atoms with van der Waals surface area (Å²) in [6, 6.07) is 5.90. The zero-order valence-corrected chi connectivity index (χ0v) is 14.9. The number of nitrogens with one attached hydrogen (secondary N) is 2. The van der Waals surface area contributed by atoms with Crippen molar-refractivity contribution < 1.29 is 9.59 Å². The monoisotopic (exact) mass is 354 g/mol. The van der Waals surface area contributed by atoms with E-state index in [2.05, 4.69) is 17.8 Å². The van der Waals surface area contributed by atoms with Gasteiger partial charge in [0.15, 0.2) is 0 Å². The van der Waals surface area contributed by atoms with Gasteiger partial charge in [0.05, 0.1) is 10.6 Å². The Morgan fingerprint density at radius 3 is 2.77 bits per heavy atom. The highest BCUT2D eigenvalue weighted by Crippen LogP contribution is 2.22. The minimum absolute atomic E-state index is 0.195. The summed E-state index contributed by atoms with van der Waals surface area (Å²) in [5.41, 5.74) is 6.05. The summed E-state index contributed by atoms with van der Waals surface area (Å²) in [4.78, 5) is 26.7. The minimum atomic E-state index is -0.260. The Morgan fingerprint density at radius 1 is 1.32 bits per heavy atom. The van der Waals surface area contributed by atoms with E-state index in [4.69, 9.17) is 0 Å². The van der Waals surface area contributed by atoms with Crippen LogP contribution in [0.25, 0.3) is 0 Å². The van der Waals surface area contributed by atoms with Crippen molar-refractivity contribution in [1.29, 1.82) is 0 Å². The van der Waals surface area contributed by atoms with Gasteiger partial charge in [0, 0.05) is 15.5 Å². The lowest BCUT2D eigenvalue weighted by Crippen LogP contribution is -2.42. The van der Waals surface area contributed by atoms with Gasteiger partial charge in [0.2, 0.25) is 5.91 Å². The van der Waals surface area contributed by atoms with Gasteiger partial charge in [-0.25, -0.2) is 0 Å². The SMILES string of the molecule is CCc1sc(C(=O)NNC(=O)CSCc2cccs2)cc1C. The van der Waals surface area contributed by atoms with Crippen LogP contribution in [-0.4, -0.2) is 17.6 Å². The van der Waals surface area contributed by atoms with Crippen molar-refractivity contribution in [2.24, 2.45) is 0 Å². The van der Waals surface area contributed by atoms with Gasteiger partial charge in [-0.1, -0.05) is 13.0 Å². The molecule has 0 saturated heterocycles. The van der Waals surface area contributed by atoms with E-state index in [9.17, 15) is 9.59 Å². The molecule has 0 fully saturated rings. The predicted octanol–water partition coefficient (Wildman–Crippen LogP) is 3.37. The van der Waals surface area contributed by atoms with Crippen LogP contribution in [-0.2, 0) is 17.0 Å². The van der Waals surface area contributed by atoms with Crippen molar-refractivity contribution in [3.63, 3.8) is 0 Å². The highest BCUT2D eigenvalue weighted by Gasteiger charge is 2.12. The van der Waals surface area contributed by atoms with Gasteiger partial charge < -0.3 is 0 Å². The summed E-state index contributed by atoms with van der Waals surface area (Å²) in [5.74, 6) is 0.675. The molecule has 0 bridgehead atoms. The van der Waals surface area contributed by atoms with E-state index in [1.165, 1.54) is 32.9 Å². The first-order valence-electron chi connectivity index (χ1n) is 6.88. The Kier molecular flexibility index (Phi) is 6.48. The average molecular weight is 355 g/mol. The summed E-state index contributed by atoms with van der Waals surface area (Å²) < 4.78 is 0. The molecule has 0 radical (unpaired) electrons. The Hall–Kier alpha value is -1.31. The van der Waals surface area contributed by atoms with E-state index in [0.717, 1.165) is 17.7 Å². The van der Waals surface area contributed by atoms with Gasteiger partial charge in [-0.2, -0.15) is 0 Å². The molecule has 0 aliphatic heterocycles. The zero-order valence-electron chi connectivity index (χ0n) is 12.5. The third-order valence-electron chi connectivity index (χ3n) is 2.94. The Bertz CT molecular complexity index is 635. The molecule has 0 aromatic carbocycles. The lowest BCUT2D eigenvalue weighted by Gasteiger charge is -2.05. The summed E-state index contributed by atoms with van der Waals surface area (Å²) >= 11 is 4.67. The number of thioether (sulfide) groups is 1. The molecule has 2 aromatic heterocycles. The first-order valence-corrected chi connectivity index (χ1v) is 9.73. The third-order valence-corrected chi connectivity index (χ3v) is 6.36. The molecule has 2 amide bonds. The number of hydrogen-bond donors (Lipinski definition) is 2. The number of hydrazine groups is 1. The normalized spacial score (nSPS) is 10.5. The molecule has 0 saturated carbocycles. The second-order valence-electron chi connectivity index (χ2n) is 4.64. The second-order valence-corrected chi connectivity index (χ2v) is 7.80. The van der Waals surface area contributed by atoms with Gasteiger partial charge in [-0.05, 0) is 36.4 Å². The average Bonchev–Trinajstić information content (AvgIpc) is 3.14. The van der Waals surface area contributed by atoms with E-state index in [-0.39, 0.29) is 11.8 Å². The van der Waals surface area contributed by atoms with Gasteiger partial charge in [-0.3, -0.25) is 20.4 Å². The fourth-order valence-corrected chi connectivity index (χ4v) is 4.52. The molecule has 2 heterocycles. The molecule has 0 unspecified atom stereocenters. The lowest BCUT2D eigenvalue weighted by molar-refractivity contribution is -0.119. The van der Waals surface area contributed by atoms with Gasteiger partial charge in [0.1, 0.15) is 0 Å². The van der Waals surface area contributed by atoms with Crippen molar-refractivity contribution in [3.05, 3.63) is 43.8 Å². The van der Waals surface area contributed by atoms with Crippen LogP contribution in [0, 0.1) is 6.92 Å². The zero-order chi connectivity index (χ0) is 15.9. The number of amides is 2. The van der Waals surface area contributed by atoms with Gasteiger partial charge in [0.25, 0.3) is 5.91 Å². The fraction of sp³-hybridized carbons (Fsp3) is 0.333. The summed E-state index contributed by atoms with van der Waals surface area (Å²) in [7, 11) is 0. The maximum atomic E-state index is 12.0. The molecule has 2 rings (SSSR count). The summed E-state index contributed by atoms with van der Waals surface area (Å²) in [5, 5.41) is 2.02. The van der Waals surface area contributed by atoms with Crippen molar-refractivity contribution in [1.82, 2.24) is 10.9 Å². The van der Waals surface area contributed by atoms with Crippen LogP contribution in [0.4, 0.5) is 0 Å². The topological polar surface area (TPSA) is 58.2 Å². The molecule has 2 aromatic rings. The number of thiophene rings is 2. The van der Waals surface area contributed by atoms with Crippen molar-refractivity contribution in [2.75, 3.05) is 5.75 Å². The standard InChI is InChI=1S/C15H18N2O2S3/c1-3-12-10(2)7-13(22-12)15(19)17-16-14(18)9-20-8-11-5-4-6-21-11/h4-7H,3,8-9H2,1-2H3,(H,16,18)(H,17,19). The lowest BCUT2D eigenvalue weighted by atomic mass is 10.2. The van der Waals surface area contributed by atoms with E-state index in [0.29, 0.717) is 10.6 Å². The number of carbonyl (C=O) groups is 2. The quantitative estimate of drug-likeness (QED) is 0.782. The van der Waals surface area contributed by atoms with Gasteiger partial charge >= 0.3 is 0 Å². The smallest absolute Gasteiger partial charge is 0.272 e. The van der Waals surface area contributed by atoms with Crippen LogP contribution >= 0.6 is 34.4 Å². The van der Waals surface area contributed by atoms with E-state index < -0.39 is 0 Å². The summed E-state index contributed by atoms with van der Waals surface area (Å²) in [6.45, 7) is 4.05. The number of hydrogen-bond acceptors (Lipinski definition) is 5. The second kappa shape index (κ2) is 8.36. The van der Waals surface area contributed by atoms with Crippen molar-refractivity contribution in [3.8, 4) is 0 Å². The molecule has 0 aliphatic carbocycles. The predicted molar refractivity (Wildman–Crippen MR) is 94.5 cm³/mol. The number of rotatable bonds is 6. The van der Waals surface area contributed by atoms with Crippen LogP contribution in [0.5, 0.6) is 0 Å². The molecular formula is C15H18N2O2S3. The number of aryl methyl sites for hydroxylation is 2. The third kappa shape index (κ3) is 4.86.